The first-order valence-corrected chi connectivity index (χ1v) is 5.65. The standard InChI is InChI=1S/C12H15N5O/c1-8(2)11-9(7-14-15-12(13)18)10-5-3-4-6-17(10)16-11/h3-8H,1-2H3,(H3,13,15,18)/b14-7-. The molecule has 0 aliphatic carbocycles. The van der Waals surface area contributed by atoms with Gasteiger partial charge in [-0.3, -0.25) is 0 Å². The van der Waals surface area contributed by atoms with Crippen LogP contribution in [0.2, 0.25) is 0 Å². The van der Waals surface area contributed by atoms with Crippen LogP contribution in [-0.4, -0.2) is 21.9 Å². The lowest BCUT2D eigenvalue weighted by Gasteiger charge is -2.00. The van der Waals surface area contributed by atoms with Gasteiger partial charge in [0.25, 0.3) is 0 Å². The second-order valence-corrected chi connectivity index (χ2v) is 4.22. The molecular formula is C12H15N5O. The van der Waals surface area contributed by atoms with Gasteiger partial charge in [-0.2, -0.15) is 10.2 Å². The Hall–Kier alpha value is -2.37. The third-order valence-corrected chi connectivity index (χ3v) is 2.52. The van der Waals surface area contributed by atoms with Crippen molar-refractivity contribution in [3.8, 4) is 0 Å². The number of amides is 2. The molecule has 6 heteroatoms. The van der Waals surface area contributed by atoms with Crippen LogP contribution in [0.3, 0.4) is 0 Å². The summed E-state index contributed by atoms with van der Waals surface area (Å²) in [4.78, 5) is 10.6. The van der Waals surface area contributed by atoms with Crippen molar-refractivity contribution in [2.45, 2.75) is 19.8 Å². The number of nitrogens with zero attached hydrogens (tertiary/aromatic N) is 3. The number of hydrogen-bond acceptors (Lipinski definition) is 3. The second-order valence-electron chi connectivity index (χ2n) is 4.22. The van der Waals surface area contributed by atoms with Crippen molar-refractivity contribution >= 4 is 17.8 Å². The molecular weight excluding hydrogens is 230 g/mol. The molecule has 2 rings (SSSR count). The summed E-state index contributed by atoms with van der Waals surface area (Å²) in [6.45, 7) is 4.11. The number of fused-ring (bicyclic) bond motifs is 1. The summed E-state index contributed by atoms with van der Waals surface area (Å²) in [5, 5.41) is 8.30. The van der Waals surface area contributed by atoms with E-state index in [4.69, 9.17) is 5.73 Å². The van der Waals surface area contributed by atoms with Crippen LogP contribution in [0.1, 0.15) is 31.0 Å². The third-order valence-electron chi connectivity index (χ3n) is 2.52. The van der Waals surface area contributed by atoms with Crippen molar-refractivity contribution in [2.24, 2.45) is 10.8 Å². The first-order valence-electron chi connectivity index (χ1n) is 5.65. The fourth-order valence-electron chi connectivity index (χ4n) is 1.76. The minimum absolute atomic E-state index is 0.264. The van der Waals surface area contributed by atoms with Gasteiger partial charge in [0.15, 0.2) is 0 Å². The van der Waals surface area contributed by atoms with Gasteiger partial charge in [-0.15, -0.1) is 0 Å². The Morgan fingerprint density at radius 1 is 1.56 bits per heavy atom. The molecule has 3 N–H and O–H groups in total. The van der Waals surface area contributed by atoms with Crippen LogP contribution in [0, 0.1) is 0 Å². The number of primary amides is 1. The highest BCUT2D eigenvalue weighted by Gasteiger charge is 2.13. The van der Waals surface area contributed by atoms with Crippen molar-refractivity contribution in [3.63, 3.8) is 0 Å². The van der Waals surface area contributed by atoms with Crippen LogP contribution >= 0.6 is 0 Å². The normalized spacial score (nSPS) is 11.5. The molecule has 0 saturated heterocycles. The molecule has 0 aliphatic rings. The molecule has 94 valence electrons. The van der Waals surface area contributed by atoms with Crippen molar-refractivity contribution in [3.05, 3.63) is 35.7 Å². The van der Waals surface area contributed by atoms with Crippen molar-refractivity contribution in [2.75, 3.05) is 0 Å². The lowest BCUT2D eigenvalue weighted by atomic mass is 10.1. The first kappa shape index (κ1) is 12.1. The number of hydrazone groups is 1. The van der Waals surface area contributed by atoms with Crippen molar-refractivity contribution in [1.82, 2.24) is 15.0 Å². The van der Waals surface area contributed by atoms with Gasteiger partial charge in [-0.25, -0.2) is 14.7 Å². The minimum atomic E-state index is -0.686. The van der Waals surface area contributed by atoms with E-state index in [2.05, 4.69) is 29.5 Å². The molecule has 0 saturated carbocycles. The van der Waals surface area contributed by atoms with Gasteiger partial charge in [0.1, 0.15) is 0 Å². The first-order chi connectivity index (χ1) is 8.59. The summed E-state index contributed by atoms with van der Waals surface area (Å²) >= 11 is 0. The molecule has 0 atom stereocenters. The predicted octanol–water partition coefficient (Wildman–Crippen LogP) is 1.46. The smallest absolute Gasteiger partial charge is 0.332 e. The molecule has 0 radical (unpaired) electrons. The fourth-order valence-corrected chi connectivity index (χ4v) is 1.76. The highest BCUT2D eigenvalue weighted by atomic mass is 16.2. The largest absolute Gasteiger partial charge is 0.350 e. The van der Waals surface area contributed by atoms with E-state index in [1.807, 2.05) is 24.4 Å². The fraction of sp³-hybridized carbons (Fsp3) is 0.250. The summed E-state index contributed by atoms with van der Waals surface area (Å²) < 4.78 is 1.79. The maximum Gasteiger partial charge on any atom is 0.332 e. The van der Waals surface area contributed by atoms with Crippen LogP contribution in [0.15, 0.2) is 29.5 Å². The topological polar surface area (TPSA) is 84.8 Å². The second kappa shape index (κ2) is 4.87. The maximum absolute atomic E-state index is 10.6. The van der Waals surface area contributed by atoms with Gasteiger partial charge in [0.05, 0.1) is 17.4 Å². The van der Waals surface area contributed by atoms with Crippen molar-refractivity contribution in [1.29, 1.82) is 0 Å². The Morgan fingerprint density at radius 3 is 3.00 bits per heavy atom. The van der Waals surface area contributed by atoms with E-state index in [0.29, 0.717) is 0 Å². The maximum atomic E-state index is 10.6. The van der Waals surface area contributed by atoms with Crippen LogP contribution in [0.25, 0.3) is 5.52 Å². The SMILES string of the molecule is CC(C)c1nn2ccccc2c1/C=N\NC(N)=O. The molecule has 18 heavy (non-hydrogen) atoms. The van der Waals surface area contributed by atoms with Gasteiger partial charge in [-0.05, 0) is 18.1 Å². The number of aromatic nitrogens is 2. The molecule has 0 aliphatic heterocycles. The highest BCUT2D eigenvalue weighted by Crippen LogP contribution is 2.20. The Bertz CT molecular complexity index is 600. The quantitative estimate of drug-likeness (QED) is 0.633. The van der Waals surface area contributed by atoms with E-state index in [9.17, 15) is 4.79 Å². The Morgan fingerprint density at radius 2 is 2.33 bits per heavy atom. The number of hydrogen-bond donors (Lipinski definition) is 2. The van der Waals surface area contributed by atoms with Crippen LogP contribution in [-0.2, 0) is 0 Å². The Kier molecular flexibility index (Phi) is 3.27. The average Bonchev–Trinajstić information content (AvgIpc) is 2.68. The van der Waals surface area contributed by atoms with Gasteiger partial charge in [0.2, 0.25) is 0 Å². The minimum Gasteiger partial charge on any atom is -0.350 e. The van der Waals surface area contributed by atoms with E-state index in [1.165, 1.54) is 0 Å². The molecule has 0 spiro atoms. The number of urea groups is 1. The van der Waals surface area contributed by atoms with Gasteiger partial charge in [0, 0.05) is 11.8 Å². The number of carbonyl (C=O) groups excluding carboxylic acids is 1. The number of nitrogens with two attached hydrogens (primary N) is 1. The van der Waals surface area contributed by atoms with Gasteiger partial charge < -0.3 is 5.73 Å². The Balaban J connectivity index is 2.48. The number of carbonyl (C=O) groups is 1. The zero-order valence-corrected chi connectivity index (χ0v) is 10.3. The number of rotatable bonds is 3. The molecule has 0 fully saturated rings. The molecule has 2 aromatic rings. The molecule has 0 bridgehead atoms. The third kappa shape index (κ3) is 2.32. The van der Waals surface area contributed by atoms with E-state index >= 15 is 0 Å². The summed E-state index contributed by atoms with van der Waals surface area (Å²) in [5.41, 5.74) is 9.90. The summed E-state index contributed by atoms with van der Waals surface area (Å²) in [5.74, 6) is 0.264. The molecule has 2 heterocycles. The van der Waals surface area contributed by atoms with Gasteiger partial charge in [-0.1, -0.05) is 19.9 Å². The molecule has 0 aromatic carbocycles. The zero-order valence-electron chi connectivity index (χ0n) is 10.3. The van der Waals surface area contributed by atoms with Crippen LogP contribution in [0.4, 0.5) is 4.79 Å². The van der Waals surface area contributed by atoms with E-state index in [-0.39, 0.29) is 5.92 Å². The summed E-state index contributed by atoms with van der Waals surface area (Å²) in [6, 6.07) is 5.10. The lowest BCUT2D eigenvalue weighted by molar-refractivity contribution is 0.249. The van der Waals surface area contributed by atoms with E-state index < -0.39 is 6.03 Å². The van der Waals surface area contributed by atoms with Crippen LogP contribution in [0.5, 0.6) is 0 Å². The highest BCUT2D eigenvalue weighted by molar-refractivity contribution is 5.91. The monoisotopic (exact) mass is 245 g/mol. The van der Waals surface area contributed by atoms with Gasteiger partial charge >= 0.3 is 6.03 Å². The summed E-state index contributed by atoms with van der Waals surface area (Å²) in [6.07, 6.45) is 3.45. The predicted molar refractivity (Wildman–Crippen MR) is 69.6 cm³/mol. The Labute approximate surface area is 104 Å². The average molecular weight is 245 g/mol. The van der Waals surface area contributed by atoms with Crippen LogP contribution < -0.4 is 11.2 Å². The zero-order chi connectivity index (χ0) is 13.1. The number of pyridine rings is 1. The molecule has 6 nitrogen and oxygen atoms in total. The molecule has 0 unspecified atom stereocenters. The van der Waals surface area contributed by atoms with E-state index in [0.717, 1.165) is 16.8 Å². The van der Waals surface area contributed by atoms with E-state index in [1.54, 1.807) is 10.7 Å². The number of nitrogens with one attached hydrogen (secondary N) is 1. The molecule has 2 amide bonds. The van der Waals surface area contributed by atoms with Crippen molar-refractivity contribution < 1.29 is 4.79 Å². The molecule has 2 aromatic heterocycles. The summed E-state index contributed by atoms with van der Waals surface area (Å²) in [7, 11) is 0. The lowest BCUT2D eigenvalue weighted by Crippen LogP contribution is -2.24.